The van der Waals surface area contributed by atoms with Gasteiger partial charge in [0.2, 0.25) is 10.0 Å². The second kappa shape index (κ2) is 8.56. The molecule has 3 aromatic rings. The number of aromatic nitrogens is 4. The average Bonchev–Trinajstić information content (AvgIpc) is 3.29. The number of Topliss-reactive ketones (excluding diaryl/α,β-unsaturated/α-hetero) is 1. The van der Waals surface area contributed by atoms with Crippen molar-refractivity contribution < 1.29 is 17.9 Å². The van der Waals surface area contributed by atoms with Crippen LogP contribution in [0.5, 0.6) is 5.75 Å². The van der Waals surface area contributed by atoms with Crippen LogP contribution >= 0.6 is 0 Å². The highest BCUT2D eigenvalue weighted by Gasteiger charge is 2.32. The van der Waals surface area contributed by atoms with Crippen molar-refractivity contribution in [3.8, 4) is 11.4 Å². The van der Waals surface area contributed by atoms with Crippen molar-refractivity contribution >= 4 is 15.8 Å². The molecule has 9 nitrogen and oxygen atoms in total. The second-order valence-corrected chi connectivity index (χ2v) is 9.34. The number of hydrogen-bond donors (Lipinski definition) is 0. The summed E-state index contributed by atoms with van der Waals surface area (Å²) in [7, 11) is -2.01. The third-order valence-corrected chi connectivity index (χ3v) is 7.44. The molecule has 1 fully saturated rings. The Balaban J connectivity index is 1.48. The van der Waals surface area contributed by atoms with Crippen LogP contribution in [0.2, 0.25) is 0 Å². The smallest absolute Gasteiger partial charge is 0.243 e. The van der Waals surface area contributed by atoms with Crippen LogP contribution < -0.4 is 4.74 Å². The highest BCUT2D eigenvalue weighted by Crippen LogP contribution is 2.30. The minimum absolute atomic E-state index is 0.0450. The lowest BCUT2D eigenvalue weighted by atomic mass is 9.97. The van der Waals surface area contributed by atoms with E-state index < -0.39 is 10.0 Å². The summed E-state index contributed by atoms with van der Waals surface area (Å²) in [5.41, 5.74) is 1.31. The second-order valence-electron chi connectivity index (χ2n) is 7.41. The molecule has 0 spiro atoms. The van der Waals surface area contributed by atoms with Crippen molar-refractivity contribution in [2.45, 2.75) is 30.6 Å². The molecule has 2 heterocycles. The first-order valence-corrected chi connectivity index (χ1v) is 11.4. The lowest BCUT2D eigenvalue weighted by Gasteiger charge is -2.30. The van der Waals surface area contributed by atoms with Crippen molar-refractivity contribution in [3.05, 3.63) is 59.9 Å². The summed E-state index contributed by atoms with van der Waals surface area (Å²) >= 11 is 0. The van der Waals surface area contributed by atoms with Gasteiger partial charge in [0.05, 0.1) is 17.7 Å². The summed E-state index contributed by atoms with van der Waals surface area (Å²) in [6, 6.07) is 13.5. The zero-order valence-electron chi connectivity index (χ0n) is 17.3. The molecule has 2 aromatic carbocycles. The molecule has 162 valence electrons. The van der Waals surface area contributed by atoms with E-state index in [9.17, 15) is 13.2 Å². The van der Waals surface area contributed by atoms with E-state index in [1.54, 1.807) is 23.9 Å². The largest absolute Gasteiger partial charge is 0.497 e. The molecule has 4 rings (SSSR count). The number of benzene rings is 2. The lowest BCUT2D eigenvalue weighted by molar-refractivity contribution is 0.101. The number of sulfonamides is 1. The maximum absolute atomic E-state index is 13.0. The molecular formula is C21H23N5O4S. The van der Waals surface area contributed by atoms with Gasteiger partial charge in [0.1, 0.15) is 5.75 Å². The Kier molecular flexibility index (Phi) is 5.84. The number of carbonyl (C=O) groups is 1. The predicted molar refractivity (Wildman–Crippen MR) is 113 cm³/mol. The highest BCUT2D eigenvalue weighted by atomic mass is 32.2. The van der Waals surface area contributed by atoms with Gasteiger partial charge in [-0.05, 0) is 66.6 Å². The number of ether oxygens (including phenoxy) is 1. The third-order valence-electron chi connectivity index (χ3n) is 5.53. The zero-order chi connectivity index (χ0) is 22.0. The zero-order valence-corrected chi connectivity index (χ0v) is 18.1. The van der Waals surface area contributed by atoms with Crippen molar-refractivity contribution in [1.29, 1.82) is 0 Å². The molecule has 0 radical (unpaired) electrons. The van der Waals surface area contributed by atoms with Crippen molar-refractivity contribution in [3.63, 3.8) is 0 Å². The number of ketones is 1. The van der Waals surface area contributed by atoms with Gasteiger partial charge in [-0.25, -0.2) is 8.42 Å². The Morgan fingerprint density at radius 1 is 1.03 bits per heavy atom. The number of methoxy groups -OCH3 is 1. The molecule has 31 heavy (non-hydrogen) atoms. The highest BCUT2D eigenvalue weighted by molar-refractivity contribution is 7.89. The first-order chi connectivity index (χ1) is 14.9. The van der Waals surface area contributed by atoms with Gasteiger partial charge < -0.3 is 4.74 Å². The van der Waals surface area contributed by atoms with E-state index in [0.717, 1.165) is 11.4 Å². The molecule has 10 heteroatoms. The van der Waals surface area contributed by atoms with Gasteiger partial charge in [0.15, 0.2) is 11.6 Å². The van der Waals surface area contributed by atoms with Crippen LogP contribution in [0.25, 0.3) is 5.69 Å². The molecule has 1 aromatic heterocycles. The first-order valence-electron chi connectivity index (χ1n) is 9.94. The van der Waals surface area contributed by atoms with Gasteiger partial charge in [0.25, 0.3) is 0 Å². The monoisotopic (exact) mass is 441 g/mol. The van der Waals surface area contributed by atoms with E-state index in [1.807, 2.05) is 24.3 Å². The molecule has 0 N–H and O–H groups in total. The number of rotatable bonds is 6. The summed E-state index contributed by atoms with van der Waals surface area (Å²) in [5.74, 6) is 1.41. The van der Waals surface area contributed by atoms with Crippen LogP contribution in [-0.2, 0) is 10.0 Å². The van der Waals surface area contributed by atoms with Gasteiger partial charge in [-0.2, -0.15) is 8.99 Å². The molecule has 0 saturated carbocycles. The maximum Gasteiger partial charge on any atom is 0.243 e. The van der Waals surface area contributed by atoms with E-state index in [-0.39, 0.29) is 16.6 Å². The molecule has 1 saturated heterocycles. The molecule has 0 aliphatic carbocycles. The standard InChI is InChI=1S/C21H23N5O4S/c1-15(27)16-3-9-20(10-4-16)31(28,29)25-13-11-17(12-14-25)21-22-23-24-26(21)18-5-7-19(30-2)8-6-18/h3-10,17H,11-14H2,1-2H3. The Labute approximate surface area is 180 Å². The topological polar surface area (TPSA) is 107 Å². The van der Waals surface area contributed by atoms with E-state index in [0.29, 0.717) is 37.3 Å². The van der Waals surface area contributed by atoms with Gasteiger partial charge in [-0.15, -0.1) is 5.10 Å². The Hall–Kier alpha value is -3.11. The molecule has 1 aliphatic rings. The van der Waals surface area contributed by atoms with Crippen molar-refractivity contribution in [2.24, 2.45) is 0 Å². The van der Waals surface area contributed by atoms with Crippen LogP contribution in [0, 0.1) is 0 Å². The fourth-order valence-corrected chi connectivity index (χ4v) is 5.19. The SMILES string of the molecule is COc1ccc(-n2nnnc2C2CCN(S(=O)(=O)c3ccc(C(C)=O)cc3)CC2)cc1. The molecule has 1 aliphatic heterocycles. The lowest BCUT2D eigenvalue weighted by Crippen LogP contribution is -2.38. The van der Waals surface area contributed by atoms with E-state index >= 15 is 0 Å². The Bertz CT molecular complexity index is 1170. The van der Waals surface area contributed by atoms with Crippen LogP contribution in [0.1, 0.15) is 41.9 Å². The van der Waals surface area contributed by atoms with Gasteiger partial charge in [0, 0.05) is 24.6 Å². The van der Waals surface area contributed by atoms with Crippen molar-refractivity contribution in [1.82, 2.24) is 24.5 Å². The Morgan fingerprint density at radius 3 is 2.26 bits per heavy atom. The minimum atomic E-state index is -3.62. The van der Waals surface area contributed by atoms with E-state index in [4.69, 9.17) is 4.74 Å². The normalized spacial score (nSPS) is 15.7. The Morgan fingerprint density at radius 2 is 1.68 bits per heavy atom. The van der Waals surface area contributed by atoms with Crippen LogP contribution in [0.15, 0.2) is 53.4 Å². The molecule has 0 amide bonds. The number of carbonyl (C=O) groups excluding carboxylic acids is 1. The molecule has 0 bridgehead atoms. The van der Waals surface area contributed by atoms with Crippen LogP contribution in [0.4, 0.5) is 0 Å². The fraction of sp³-hybridized carbons (Fsp3) is 0.333. The summed E-state index contributed by atoms with van der Waals surface area (Å²) in [5, 5.41) is 12.1. The van der Waals surface area contributed by atoms with E-state index in [2.05, 4.69) is 15.5 Å². The maximum atomic E-state index is 13.0. The molecule has 0 unspecified atom stereocenters. The fourth-order valence-electron chi connectivity index (χ4n) is 3.72. The molecule has 0 atom stereocenters. The van der Waals surface area contributed by atoms with Gasteiger partial charge in [-0.3, -0.25) is 4.79 Å². The summed E-state index contributed by atoms with van der Waals surface area (Å²) < 4.78 is 34.3. The number of tetrazole rings is 1. The summed E-state index contributed by atoms with van der Waals surface area (Å²) in [6.45, 7) is 2.20. The van der Waals surface area contributed by atoms with Crippen LogP contribution in [-0.4, -0.2) is 58.9 Å². The molecular weight excluding hydrogens is 418 g/mol. The summed E-state index contributed by atoms with van der Waals surface area (Å²) in [4.78, 5) is 11.6. The van der Waals surface area contributed by atoms with Gasteiger partial charge >= 0.3 is 0 Å². The van der Waals surface area contributed by atoms with Crippen molar-refractivity contribution in [2.75, 3.05) is 20.2 Å². The predicted octanol–water partition coefficient (Wildman–Crippen LogP) is 2.44. The first kappa shape index (κ1) is 21.1. The number of hydrogen-bond acceptors (Lipinski definition) is 7. The number of piperidine rings is 1. The van der Waals surface area contributed by atoms with Crippen LogP contribution in [0.3, 0.4) is 0 Å². The van der Waals surface area contributed by atoms with Gasteiger partial charge in [-0.1, -0.05) is 12.1 Å². The number of nitrogens with zero attached hydrogens (tertiary/aromatic N) is 5. The summed E-state index contributed by atoms with van der Waals surface area (Å²) in [6.07, 6.45) is 1.22. The van der Waals surface area contributed by atoms with E-state index in [1.165, 1.54) is 23.4 Å². The minimum Gasteiger partial charge on any atom is -0.497 e. The average molecular weight is 442 g/mol. The third kappa shape index (κ3) is 4.21. The quantitative estimate of drug-likeness (QED) is 0.541.